The van der Waals surface area contributed by atoms with Gasteiger partial charge >= 0.3 is 6.18 Å². The molecule has 1 saturated heterocycles. The molecule has 14 heteroatoms. The molecule has 0 spiro atoms. The molecule has 236 valence electrons. The van der Waals surface area contributed by atoms with Crippen LogP contribution in [-0.2, 0) is 15.5 Å². The van der Waals surface area contributed by atoms with Crippen LogP contribution in [0.5, 0.6) is 0 Å². The zero-order valence-corrected chi connectivity index (χ0v) is 24.6. The van der Waals surface area contributed by atoms with E-state index in [-0.39, 0.29) is 46.5 Å². The maximum Gasteiger partial charge on any atom is 0.389 e. The van der Waals surface area contributed by atoms with Gasteiger partial charge in [0.1, 0.15) is 11.9 Å². The Bertz CT molecular complexity index is 1740. The van der Waals surface area contributed by atoms with Crippen molar-refractivity contribution in [2.75, 3.05) is 6.54 Å². The summed E-state index contributed by atoms with van der Waals surface area (Å²) < 4.78 is 70.2. The van der Waals surface area contributed by atoms with Crippen molar-refractivity contribution in [2.45, 2.75) is 56.4 Å². The number of likely N-dealkylation sites (tertiary alicyclic amines) is 1. The average molecular weight is 646 g/mol. The normalized spacial score (nSPS) is 23.0. The highest BCUT2D eigenvalue weighted by Crippen LogP contribution is 2.64. The first-order valence-corrected chi connectivity index (χ1v) is 15.0. The molecule has 2 aliphatic carbocycles. The Kier molecular flexibility index (Phi) is 7.26. The van der Waals surface area contributed by atoms with Gasteiger partial charge in [-0.15, -0.1) is 11.3 Å². The van der Waals surface area contributed by atoms with Crippen LogP contribution in [0, 0.1) is 10.8 Å². The standard InChI is InChI=1S/C31H28F5N5O3S/c1-15(23-9-17(13-45-23)26(37)38)40-28(44)22-10-29(14-30(32,33)34)11-24(29)41(22)25(42)12-39-27(43)16-6-7-21-19(8-16)18-4-2-3-5-20(18)31(21,35)36/h2-9,13,15,22,24H,10-12,14H2,1H3,(H3,37,38)(H,39,43)(H,40,44)/t15-,22-,24+,29-/m1/s1. The van der Waals surface area contributed by atoms with Crippen molar-refractivity contribution in [3.05, 3.63) is 81.0 Å². The lowest BCUT2D eigenvalue weighted by atomic mass is 9.95. The van der Waals surface area contributed by atoms with Gasteiger partial charge in [-0.05, 0) is 49.1 Å². The van der Waals surface area contributed by atoms with Gasteiger partial charge in [0, 0.05) is 44.0 Å². The Labute approximate surface area is 258 Å². The van der Waals surface area contributed by atoms with E-state index >= 15 is 0 Å². The molecule has 5 N–H and O–H groups in total. The monoisotopic (exact) mass is 645 g/mol. The Morgan fingerprint density at radius 2 is 1.78 bits per heavy atom. The van der Waals surface area contributed by atoms with Crippen molar-refractivity contribution in [1.29, 1.82) is 5.41 Å². The highest BCUT2D eigenvalue weighted by Gasteiger charge is 2.69. The van der Waals surface area contributed by atoms with Crippen molar-refractivity contribution >= 4 is 34.9 Å². The van der Waals surface area contributed by atoms with Crippen LogP contribution in [0.2, 0.25) is 0 Å². The molecule has 1 aliphatic heterocycles. The molecule has 0 unspecified atom stereocenters. The molecule has 3 aromatic rings. The lowest BCUT2D eigenvalue weighted by molar-refractivity contribution is -0.148. The third-order valence-corrected chi connectivity index (χ3v) is 9.97. The molecule has 3 aliphatic rings. The summed E-state index contributed by atoms with van der Waals surface area (Å²) in [4.78, 5) is 41.6. The number of hydrogen-bond donors (Lipinski definition) is 4. The smallest absolute Gasteiger partial charge is 0.384 e. The number of alkyl halides is 5. The maximum absolute atomic E-state index is 14.9. The third-order valence-electron chi connectivity index (χ3n) is 8.85. The summed E-state index contributed by atoms with van der Waals surface area (Å²) in [5, 5.41) is 14.4. The van der Waals surface area contributed by atoms with Crippen molar-refractivity contribution < 1.29 is 36.3 Å². The summed E-state index contributed by atoms with van der Waals surface area (Å²) in [6.07, 6.45) is -5.75. The number of carbonyl (C=O) groups excluding carboxylic acids is 3. The van der Waals surface area contributed by atoms with Crippen molar-refractivity contribution in [3.63, 3.8) is 0 Å². The van der Waals surface area contributed by atoms with Gasteiger partial charge in [0.2, 0.25) is 11.8 Å². The van der Waals surface area contributed by atoms with Crippen LogP contribution in [0.3, 0.4) is 0 Å². The highest BCUT2D eigenvalue weighted by molar-refractivity contribution is 7.10. The number of nitrogens with two attached hydrogens (primary N) is 1. The number of nitrogens with zero attached hydrogens (tertiary/aromatic N) is 1. The number of hydrogen-bond acceptors (Lipinski definition) is 5. The van der Waals surface area contributed by atoms with E-state index < -0.39 is 66.3 Å². The van der Waals surface area contributed by atoms with E-state index in [1.807, 2.05) is 0 Å². The van der Waals surface area contributed by atoms with Gasteiger partial charge in [-0.25, -0.2) is 0 Å². The quantitative estimate of drug-likeness (QED) is 0.155. The van der Waals surface area contributed by atoms with E-state index in [1.165, 1.54) is 41.7 Å². The molecule has 0 bridgehead atoms. The van der Waals surface area contributed by atoms with Crippen LogP contribution in [0.4, 0.5) is 22.0 Å². The molecular weight excluding hydrogens is 617 g/mol. The molecule has 8 nitrogen and oxygen atoms in total. The number of halogens is 5. The Morgan fingerprint density at radius 3 is 2.47 bits per heavy atom. The molecule has 2 heterocycles. The molecular formula is C31H28F5N5O3S. The first kappa shape index (κ1) is 30.7. The number of amides is 3. The van der Waals surface area contributed by atoms with E-state index in [0.29, 0.717) is 10.4 Å². The fraction of sp³-hybridized carbons (Fsp3) is 0.355. The largest absolute Gasteiger partial charge is 0.389 e. The zero-order valence-electron chi connectivity index (χ0n) is 23.8. The second-order valence-electron chi connectivity index (χ2n) is 11.8. The Balaban J connectivity index is 1.17. The number of amidine groups is 1. The van der Waals surface area contributed by atoms with E-state index in [9.17, 15) is 36.3 Å². The van der Waals surface area contributed by atoms with E-state index in [4.69, 9.17) is 11.1 Å². The van der Waals surface area contributed by atoms with Gasteiger partial charge in [-0.3, -0.25) is 19.8 Å². The topological polar surface area (TPSA) is 128 Å². The lowest BCUT2D eigenvalue weighted by Crippen LogP contribution is -2.51. The molecule has 45 heavy (non-hydrogen) atoms. The second kappa shape index (κ2) is 10.6. The van der Waals surface area contributed by atoms with Crippen LogP contribution < -0.4 is 16.4 Å². The second-order valence-corrected chi connectivity index (χ2v) is 12.8. The summed E-state index contributed by atoms with van der Waals surface area (Å²) in [5.74, 6) is -5.47. The number of nitrogens with one attached hydrogen (secondary N) is 3. The average Bonchev–Trinajstić information content (AvgIpc) is 3.28. The Morgan fingerprint density at radius 1 is 1.07 bits per heavy atom. The first-order chi connectivity index (χ1) is 21.1. The Hall–Kier alpha value is -4.33. The van der Waals surface area contributed by atoms with Gasteiger partial charge in [-0.2, -0.15) is 22.0 Å². The molecule has 2 fully saturated rings. The van der Waals surface area contributed by atoms with Gasteiger partial charge in [0.05, 0.1) is 19.0 Å². The molecule has 0 radical (unpaired) electrons. The highest BCUT2D eigenvalue weighted by atomic mass is 32.1. The fourth-order valence-electron chi connectivity index (χ4n) is 6.64. The number of nitrogen functional groups attached to an aromatic ring is 1. The van der Waals surface area contributed by atoms with Crippen LogP contribution >= 0.6 is 11.3 Å². The van der Waals surface area contributed by atoms with Crippen molar-refractivity contribution in [3.8, 4) is 11.1 Å². The summed E-state index contributed by atoms with van der Waals surface area (Å²) in [7, 11) is 0. The fourth-order valence-corrected chi connectivity index (χ4v) is 7.55. The maximum atomic E-state index is 14.9. The third kappa shape index (κ3) is 5.45. The van der Waals surface area contributed by atoms with E-state index in [2.05, 4.69) is 10.6 Å². The molecule has 1 saturated carbocycles. The van der Waals surface area contributed by atoms with Crippen molar-refractivity contribution in [2.24, 2.45) is 11.1 Å². The minimum atomic E-state index is -4.50. The molecule has 4 atom stereocenters. The van der Waals surface area contributed by atoms with E-state index in [0.717, 1.165) is 11.0 Å². The molecule has 6 rings (SSSR count). The number of piperidine rings is 1. The van der Waals surface area contributed by atoms with Crippen molar-refractivity contribution in [1.82, 2.24) is 15.5 Å². The summed E-state index contributed by atoms with van der Waals surface area (Å²) in [5.41, 5.74) is 4.78. The number of rotatable bonds is 8. The SMILES string of the molecule is C[C@@H](NC(=O)[C@H]1C[C@]2(CC(F)(F)F)C[C@@H]2N1C(=O)CNC(=O)c1ccc2c(c1)-c1ccccc1C2(F)F)c1cc(C(=N)N)cs1. The predicted molar refractivity (Wildman–Crippen MR) is 156 cm³/mol. The summed E-state index contributed by atoms with van der Waals surface area (Å²) in [6.45, 7) is 1.07. The molecule has 1 aromatic heterocycles. The minimum absolute atomic E-state index is 0.0253. The van der Waals surface area contributed by atoms with Crippen LogP contribution in [0.25, 0.3) is 11.1 Å². The van der Waals surface area contributed by atoms with Gasteiger partial charge in [-0.1, -0.05) is 30.3 Å². The molecule has 2 aromatic carbocycles. The zero-order chi connectivity index (χ0) is 32.5. The van der Waals surface area contributed by atoms with Crippen LogP contribution in [-0.4, -0.2) is 53.3 Å². The van der Waals surface area contributed by atoms with Crippen LogP contribution in [0.1, 0.15) is 64.2 Å². The predicted octanol–water partition coefficient (Wildman–Crippen LogP) is 5.07. The first-order valence-electron chi connectivity index (χ1n) is 14.1. The van der Waals surface area contributed by atoms with Gasteiger partial charge in [0.25, 0.3) is 11.8 Å². The number of benzene rings is 2. The summed E-state index contributed by atoms with van der Waals surface area (Å²) >= 11 is 1.25. The number of thiophene rings is 1. The minimum Gasteiger partial charge on any atom is -0.384 e. The molecule has 3 amide bonds. The van der Waals surface area contributed by atoms with Crippen LogP contribution in [0.15, 0.2) is 53.9 Å². The van der Waals surface area contributed by atoms with E-state index in [1.54, 1.807) is 24.4 Å². The van der Waals surface area contributed by atoms with Gasteiger partial charge in [0.15, 0.2) is 0 Å². The van der Waals surface area contributed by atoms with Gasteiger partial charge < -0.3 is 21.3 Å². The number of fused-ring (bicyclic) bond motifs is 4. The number of carbonyl (C=O) groups is 3. The summed E-state index contributed by atoms with van der Waals surface area (Å²) in [6, 6.07) is 8.72. The lowest BCUT2D eigenvalue weighted by Gasteiger charge is -2.28.